The Morgan fingerprint density at radius 1 is 0.964 bits per heavy atom. The van der Waals surface area contributed by atoms with Gasteiger partial charge in [-0.05, 0) is 21.9 Å². The number of non-ortho nitro benzene ring substituents is 1. The maximum Gasteiger partial charge on any atom is 0.269 e. The molecular formula is C21H19N3O4. The van der Waals surface area contributed by atoms with Crippen molar-refractivity contribution in [3.63, 3.8) is 0 Å². The number of nitro groups is 1. The topological polar surface area (TPSA) is 115 Å². The van der Waals surface area contributed by atoms with E-state index in [1.165, 1.54) is 18.2 Å². The molecule has 0 saturated heterocycles. The minimum atomic E-state index is -0.868. The van der Waals surface area contributed by atoms with Crippen molar-refractivity contribution in [3.05, 3.63) is 88.0 Å². The normalized spacial score (nSPS) is 11.7. The third-order valence-electron chi connectivity index (χ3n) is 4.42. The van der Waals surface area contributed by atoms with Crippen LogP contribution in [0.5, 0.6) is 0 Å². The second-order valence-electron chi connectivity index (χ2n) is 6.51. The third kappa shape index (κ3) is 4.70. The Morgan fingerprint density at radius 3 is 2.43 bits per heavy atom. The van der Waals surface area contributed by atoms with Crippen molar-refractivity contribution in [3.8, 4) is 0 Å². The van der Waals surface area contributed by atoms with Crippen LogP contribution in [-0.4, -0.2) is 22.8 Å². The largest absolute Gasteiger partial charge is 0.368 e. The molecule has 0 heterocycles. The van der Waals surface area contributed by atoms with Crippen molar-refractivity contribution in [2.75, 3.05) is 0 Å². The average Bonchev–Trinajstić information content (AvgIpc) is 2.67. The van der Waals surface area contributed by atoms with E-state index in [9.17, 15) is 19.7 Å². The van der Waals surface area contributed by atoms with Crippen LogP contribution in [-0.2, 0) is 22.4 Å². The predicted octanol–water partition coefficient (Wildman–Crippen LogP) is 2.50. The Labute approximate surface area is 161 Å². The molecule has 3 rings (SSSR count). The van der Waals surface area contributed by atoms with Gasteiger partial charge in [0.15, 0.2) is 0 Å². The molecule has 28 heavy (non-hydrogen) atoms. The van der Waals surface area contributed by atoms with Crippen LogP contribution in [0.2, 0.25) is 0 Å². The van der Waals surface area contributed by atoms with E-state index in [4.69, 9.17) is 5.73 Å². The Kier molecular flexibility index (Phi) is 5.64. The molecule has 0 aromatic heterocycles. The van der Waals surface area contributed by atoms with Crippen LogP contribution in [0.3, 0.4) is 0 Å². The number of nitro benzene ring substituents is 1. The summed E-state index contributed by atoms with van der Waals surface area (Å²) in [5.74, 6) is -1.06. The Hall–Kier alpha value is -3.74. The second-order valence-corrected chi connectivity index (χ2v) is 6.51. The summed E-state index contributed by atoms with van der Waals surface area (Å²) in [6.45, 7) is 0. The maximum absolute atomic E-state index is 12.3. The fourth-order valence-corrected chi connectivity index (χ4v) is 3.03. The van der Waals surface area contributed by atoms with Crippen molar-refractivity contribution < 1.29 is 14.5 Å². The Morgan fingerprint density at radius 2 is 1.71 bits per heavy atom. The number of nitrogens with two attached hydrogens (primary N) is 1. The van der Waals surface area contributed by atoms with Gasteiger partial charge in [-0.25, -0.2) is 0 Å². The van der Waals surface area contributed by atoms with Gasteiger partial charge in [0.1, 0.15) is 6.04 Å². The number of hydrogen-bond acceptors (Lipinski definition) is 4. The zero-order valence-electron chi connectivity index (χ0n) is 15.0. The van der Waals surface area contributed by atoms with Gasteiger partial charge in [-0.2, -0.15) is 0 Å². The molecule has 0 fully saturated rings. The summed E-state index contributed by atoms with van der Waals surface area (Å²) < 4.78 is 0. The molecule has 0 radical (unpaired) electrons. The molecular weight excluding hydrogens is 358 g/mol. The molecule has 7 nitrogen and oxygen atoms in total. The summed E-state index contributed by atoms with van der Waals surface area (Å²) in [5.41, 5.74) is 6.73. The smallest absolute Gasteiger partial charge is 0.269 e. The Bertz CT molecular complexity index is 1050. The number of benzene rings is 3. The fraction of sp³-hybridized carbons (Fsp3) is 0.143. The molecule has 0 aliphatic carbocycles. The van der Waals surface area contributed by atoms with Gasteiger partial charge in [-0.1, -0.05) is 54.6 Å². The Balaban J connectivity index is 1.69. The first-order valence-corrected chi connectivity index (χ1v) is 8.72. The van der Waals surface area contributed by atoms with Crippen molar-refractivity contribution in [1.29, 1.82) is 0 Å². The molecule has 0 aliphatic heterocycles. The molecule has 0 unspecified atom stereocenters. The van der Waals surface area contributed by atoms with Gasteiger partial charge in [0.05, 0.1) is 11.3 Å². The number of amides is 2. The van der Waals surface area contributed by atoms with E-state index in [2.05, 4.69) is 5.32 Å². The van der Waals surface area contributed by atoms with Gasteiger partial charge < -0.3 is 11.1 Å². The van der Waals surface area contributed by atoms with Gasteiger partial charge in [0.2, 0.25) is 11.8 Å². The molecule has 0 saturated carbocycles. The van der Waals surface area contributed by atoms with Crippen molar-refractivity contribution in [1.82, 2.24) is 5.32 Å². The third-order valence-corrected chi connectivity index (χ3v) is 4.42. The highest BCUT2D eigenvalue weighted by atomic mass is 16.6. The second kappa shape index (κ2) is 8.30. The van der Waals surface area contributed by atoms with E-state index in [0.29, 0.717) is 5.56 Å². The monoisotopic (exact) mass is 377 g/mol. The maximum atomic E-state index is 12.3. The van der Waals surface area contributed by atoms with Crippen molar-refractivity contribution in [2.45, 2.75) is 18.9 Å². The number of carbonyl (C=O) groups is 2. The number of primary amides is 1. The number of hydrogen-bond donors (Lipinski definition) is 2. The lowest BCUT2D eigenvalue weighted by atomic mass is 10.0. The van der Waals surface area contributed by atoms with Gasteiger partial charge in [-0.3, -0.25) is 19.7 Å². The zero-order chi connectivity index (χ0) is 20.1. The highest BCUT2D eigenvalue weighted by Gasteiger charge is 2.19. The molecule has 0 aliphatic rings. The number of carbonyl (C=O) groups excluding carboxylic acids is 2. The van der Waals surface area contributed by atoms with E-state index in [-0.39, 0.29) is 18.5 Å². The molecule has 3 aromatic carbocycles. The van der Waals surface area contributed by atoms with E-state index in [1.54, 1.807) is 6.07 Å². The summed E-state index contributed by atoms with van der Waals surface area (Å²) in [7, 11) is 0. The summed E-state index contributed by atoms with van der Waals surface area (Å²) >= 11 is 0. The average molecular weight is 377 g/mol. The zero-order valence-corrected chi connectivity index (χ0v) is 15.0. The molecule has 1 atom stereocenters. The summed E-state index contributed by atoms with van der Waals surface area (Å²) in [6.07, 6.45) is 0.185. The lowest BCUT2D eigenvalue weighted by Gasteiger charge is -2.16. The summed E-state index contributed by atoms with van der Waals surface area (Å²) in [6, 6.07) is 18.6. The quantitative estimate of drug-likeness (QED) is 0.486. The standard InChI is InChI=1S/C21H19N3O4/c22-21(26)19(12-15-8-9-16-5-1-2-6-17(16)10-15)23-20(25)13-14-4-3-7-18(11-14)24(27)28/h1-11,19H,12-13H2,(H2,22,26)(H,23,25)/t19-/m1/s1. The first kappa shape index (κ1) is 19.0. The minimum absolute atomic E-state index is 0.0802. The first-order chi connectivity index (χ1) is 13.4. The lowest BCUT2D eigenvalue weighted by molar-refractivity contribution is -0.384. The first-order valence-electron chi connectivity index (χ1n) is 8.72. The van der Waals surface area contributed by atoms with Crippen LogP contribution in [0.4, 0.5) is 5.69 Å². The van der Waals surface area contributed by atoms with Crippen LogP contribution in [0, 0.1) is 10.1 Å². The van der Waals surface area contributed by atoms with E-state index in [0.717, 1.165) is 16.3 Å². The van der Waals surface area contributed by atoms with Crippen LogP contribution in [0.1, 0.15) is 11.1 Å². The van der Waals surface area contributed by atoms with Crippen molar-refractivity contribution in [2.24, 2.45) is 5.73 Å². The van der Waals surface area contributed by atoms with Gasteiger partial charge in [-0.15, -0.1) is 0 Å². The number of fused-ring (bicyclic) bond motifs is 1. The van der Waals surface area contributed by atoms with Gasteiger partial charge >= 0.3 is 0 Å². The molecule has 142 valence electrons. The summed E-state index contributed by atoms with van der Waals surface area (Å²) in [4.78, 5) is 34.5. The molecule has 3 N–H and O–H groups in total. The van der Waals surface area contributed by atoms with E-state index in [1.807, 2.05) is 42.5 Å². The van der Waals surface area contributed by atoms with Crippen LogP contribution >= 0.6 is 0 Å². The summed E-state index contributed by atoms with van der Waals surface area (Å²) in [5, 5.41) is 15.6. The minimum Gasteiger partial charge on any atom is -0.368 e. The van der Waals surface area contributed by atoms with E-state index >= 15 is 0 Å². The lowest BCUT2D eigenvalue weighted by Crippen LogP contribution is -2.46. The van der Waals surface area contributed by atoms with E-state index < -0.39 is 22.8 Å². The molecule has 7 heteroatoms. The highest BCUT2D eigenvalue weighted by Crippen LogP contribution is 2.17. The highest BCUT2D eigenvalue weighted by molar-refractivity contribution is 5.88. The van der Waals surface area contributed by atoms with Crippen molar-refractivity contribution >= 4 is 28.3 Å². The van der Waals surface area contributed by atoms with Gasteiger partial charge in [0, 0.05) is 18.6 Å². The number of nitrogens with one attached hydrogen (secondary N) is 1. The number of rotatable bonds is 7. The molecule has 0 bridgehead atoms. The molecule has 2 amide bonds. The number of nitrogens with zero attached hydrogens (tertiary/aromatic N) is 1. The molecule has 3 aromatic rings. The van der Waals surface area contributed by atoms with Crippen LogP contribution in [0.15, 0.2) is 66.7 Å². The SMILES string of the molecule is NC(=O)[C@@H](Cc1ccc2ccccc2c1)NC(=O)Cc1cccc([N+](=O)[O-])c1. The fourth-order valence-electron chi connectivity index (χ4n) is 3.03. The van der Waals surface area contributed by atoms with Gasteiger partial charge in [0.25, 0.3) is 5.69 Å². The predicted molar refractivity (Wildman–Crippen MR) is 106 cm³/mol. The van der Waals surface area contributed by atoms with Crippen LogP contribution < -0.4 is 11.1 Å². The molecule has 0 spiro atoms. The van der Waals surface area contributed by atoms with Crippen LogP contribution in [0.25, 0.3) is 10.8 Å².